The summed E-state index contributed by atoms with van der Waals surface area (Å²) in [7, 11) is 0. The molecule has 0 radical (unpaired) electrons. The Hall–Kier alpha value is -1.60. The van der Waals surface area contributed by atoms with Gasteiger partial charge in [0, 0.05) is 0 Å². The van der Waals surface area contributed by atoms with Crippen molar-refractivity contribution in [2.45, 2.75) is 12.3 Å². The normalized spacial score (nSPS) is 13.3. The molecule has 0 aliphatic rings. The van der Waals surface area contributed by atoms with Crippen molar-refractivity contribution in [3.05, 3.63) is 35.4 Å². The van der Waals surface area contributed by atoms with Crippen LogP contribution < -0.4 is 0 Å². The SMILES string of the molecule is O=C(O)c1ccc(C(O)COCC(F)(F)F)cc1. The van der Waals surface area contributed by atoms with Crippen LogP contribution in [0.1, 0.15) is 22.0 Å². The van der Waals surface area contributed by atoms with E-state index in [4.69, 9.17) is 5.11 Å². The van der Waals surface area contributed by atoms with E-state index in [9.17, 15) is 23.1 Å². The second-order valence-electron chi connectivity index (χ2n) is 3.57. The lowest BCUT2D eigenvalue weighted by Crippen LogP contribution is -2.19. The van der Waals surface area contributed by atoms with Gasteiger partial charge in [0.05, 0.1) is 12.2 Å². The molecule has 0 amide bonds. The smallest absolute Gasteiger partial charge is 0.411 e. The number of hydrogen-bond donors (Lipinski definition) is 2. The van der Waals surface area contributed by atoms with Crippen LogP contribution in [0.5, 0.6) is 0 Å². The predicted molar refractivity (Wildman–Crippen MR) is 55.2 cm³/mol. The molecule has 0 aliphatic carbocycles. The molecule has 0 saturated heterocycles. The van der Waals surface area contributed by atoms with Crippen molar-refractivity contribution in [3.8, 4) is 0 Å². The number of carbonyl (C=O) groups is 1. The number of aliphatic hydroxyl groups excluding tert-OH is 1. The van der Waals surface area contributed by atoms with Crippen molar-refractivity contribution in [1.29, 1.82) is 0 Å². The quantitative estimate of drug-likeness (QED) is 0.853. The summed E-state index contributed by atoms with van der Waals surface area (Å²) in [5, 5.41) is 18.1. The summed E-state index contributed by atoms with van der Waals surface area (Å²) in [6.07, 6.45) is -5.66. The maximum Gasteiger partial charge on any atom is 0.411 e. The highest BCUT2D eigenvalue weighted by atomic mass is 19.4. The molecule has 7 heteroatoms. The Kier molecular flexibility index (Phi) is 4.69. The van der Waals surface area contributed by atoms with Crippen LogP contribution in [-0.4, -0.2) is 35.6 Å². The average Bonchev–Trinajstić information content (AvgIpc) is 2.27. The summed E-state index contributed by atoms with van der Waals surface area (Å²) < 4.78 is 39.6. The summed E-state index contributed by atoms with van der Waals surface area (Å²) in [5.74, 6) is -1.12. The van der Waals surface area contributed by atoms with Gasteiger partial charge in [-0.3, -0.25) is 0 Å². The van der Waals surface area contributed by atoms with Gasteiger partial charge in [0.15, 0.2) is 0 Å². The lowest BCUT2D eigenvalue weighted by atomic mass is 10.1. The lowest BCUT2D eigenvalue weighted by molar-refractivity contribution is -0.179. The van der Waals surface area contributed by atoms with Gasteiger partial charge in [-0.25, -0.2) is 4.79 Å². The van der Waals surface area contributed by atoms with Crippen LogP contribution in [0.2, 0.25) is 0 Å². The number of aliphatic hydroxyl groups is 1. The van der Waals surface area contributed by atoms with E-state index in [1.807, 2.05) is 0 Å². The van der Waals surface area contributed by atoms with Gasteiger partial charge in [-0.05, 0) is 17.7 Å². The van der Waals surface area contributed by atoms with Crippen molar-refractivity contribution in [2.24, 2.45) is 0 Å². The standard InChI is InChI=1S/C11H11F3O4/c12-11(13,14)6-18-5-9(15)7-1-3-8(4-2-7)10(16)17/h1-4,9,15H,5-6H2,(H,16,17). The summed E-state index contributed by atoms with van der Waals surface area (Å²) in [6.45, 7) is -1.94. The molecule has 0 spiro atoms. The minimum absolute atomic E-state index is 0.0298. The summed E-state index contributed by atoms with van der Waals surface area (Å²) >= 11 is 0. The zero-order valence-electron chi connectivity index (χ0n) is 9.15. The van der Waals surface area contributed by atoms with Gasteiger partial charge in [0.1, 0.15) is 12.7 Å². The third-order valence-electron chi connectivity index (χ3n) is 2.08. The minimum Gasteiger partial charge on any atom is -0.478 e. The monoisotopic (exact) mass is 264 g/mol. The largest absolute Gasteiger partial charge is 0.478 e. The molecule has 0 fully saturated rings. The van der Waals surface area contributed by atoms with Crippen LogP contribution in [0.3, 0.4) is 0 Å². The van der Waals surface area contributed by atoms with Crippen molar-refractivity contribution < 1.29 is 32.9 Å². The Morgan fingerprint density at radius 2 is 1.83 bits per heavy atom. The fourth-order valence-electron chi connectivity index (χ4n) is 1.23. The molecule has 1 aromatic rings. The van der Waals surface area contributed by atoms with Gasteiger partial charge in [0.2, 0.25) is 0 Å². The van der Waals surface area contributed by atoms with Crippen molar-refractivity contribution >= 4 is 5.97 Å². The first-order chi connectivity index (χ1) is 8.29. The summed E-state index contributed by atoms with van der Waals surface area (Å²) in [4.78, 5) is 10.6. The zero-order valence-corrected chi connectivity index (χ0v) is 9.15. The van der Waals surface area contributed by atoms with Crippen LogP contribution in [0.4, 0.5) is 13.2 Å². The maximum absolute atomic E-state index is 11.8. The van der Waals surface area contributed by atoms with Gasteiger partial charge in [-0.15, -0.1) is 0 Å². The average molecular weight is 264 g/mol. The van der Waals surface area contributed by atoms with Gasteiger partial charge in [-0.2, -0.15) is 13.2 Å². The molecule has 1 rings (SSSR count). The van der Waals surface area contributed by atoms with Crippen LogP contribution >= 0.6 is 0 Å². The van der Waals surface area contributed by atoms with Crippen LogP contribution in [-0.2, 0) is 4.74 Å². The second-order valence-corrected chi connectivity index (χ2v) is 3.57. The number of rotatable bonds is 5. The molecular formula is C11H11F3O4. The molecule has 1 atom stereocenters. The van der Waals surface area contributed by atoms with Gasteiger partial charge in [0.25, 0.3) is 0 Å². The molecule has 0 heterocycles. The Morgan fingerprint density at radius 1 is 1.28 bits per heavy atom. The summed E-state index contributed by atoms with van der Waals surface area (Å²) in [6, 6.07) is 5.16. The van der Waals surface area contributed by atoms with Gasteiger partial charge in [-0.1, -0.05) is 12.1 Å². The van der Waals surface area contributed by atoms with E-state index in [0.29, 0.717) is 5.56 Å². The first-order valence-corrected chi connectivity index (χ1v) is 4.95. The van der Waals surface area contributed by atoms with E-state index in [0.717, 1.165) is 0 Å². The number of aromatic carboxylic acids is 1. The molecular weight excluding hydrogens is 253 g/mol. The van der Waals surface area contributed by atoms with E-state index in [2.05, 4.69) is 4.74 Å². The number of carboxylic acid groups (broad SMARTS) is 1. The molecule has 1 unspecified atom stereocenters. The third-order valence-corrected chi connectivity index (χ3v) is 2.08. The number of halogens is 3. The van der Waals surface area contributed by atoms with Gasteiger partial charge < -0.3 is 14.9 Å². The highest BCUT2D eigenvalue weighted by Gasteiger charge is 2.27. The van der Waals surface area contributed by atoms with Crippen molar-refractivity contribution in [2.75, 3.05) is 13.2 Å². The molecule has 18 heavy (non-hydrogen) atoms. The van der Waals surface area contributed by atoms with E-state index in [1.54, 1.807) is 0 Å². The van der Waals surface area contributed by atoms with Crippen LogP contribution in [0.25, 0.3) is 0 Å². The lowest BCUT2D eigenvalue weighted by Gasteiger charge is -2.13. The molecule has 0 bridgehead atoms. The van der Waals surface area contributed by atoms with E-state index in [1.165, 1.54) is 24.3 Å². The number of ether oxygens (including phenoxy) is 1. The molecule has 4 nitrogen and oxygen atoms in total. The Labute approximate surface area is 101 Å². The minimum atomic E-state index is -4.44. The highest BCUT2D eigenvalue weighted by molar-refractivity contribution is 5.87. The van der Waals surface area contributed by atoms with Crippen LogP contribution in [0.15, 0.2) is 24.3 Å². The third kappa shape index (κ3) is 4.72. The van der Waals surface area contributed by atoms with E-state index < -0.39 is 31.5 Å². The maximum atomic E-state index is 11.8. The predicted octanol–water partition coefficient (Wildman–Crippen LogP) is 2.00. The van der Waals surface area contributed by atoms with Crippen molar-refractivity contribution in [3.63, 3.8) is 0 Å². The van der Waals surface area contributed by atoms with Crippen LogP contribution in [0, 0.1) is 0 Å². The fraction of sp³-hybridized carbons (Fsp3) is 0.364. The number of alkyl halides is 3. The first-order valence-electron chi connectivity index (χ1n) is 4.95. The molecule has 0 saturated carbocycles. The van der Waals surface area contributed by atoms with Crippen molar-refractivity contribution in [1.82, 2.24) is 0 Å². The molecule has 2 N–H and O–H groups in total. The highest BCUT2D eigenvalue weighted by Crippen LogP contribution is 2.18. The molecule has 0 aliphatic heterocycles. The van der Waals surface area contributed by atoms with Gasteiger partial charge >= 0.3 is 12.1 Å². The zero-order chi connectivity index (χ0) is 13.8. The second kappa shape index (κ2) is 5.83. The van der Waals surface area contributed by atoms with E-state index >= 15 is 0 Å². The molecule has 1 aromatic carbocycles. The Balaban J connectivity index is 2.51. The Bertz CT molecular complexity index is 400. The number of benzene rings is 1. The Morgan fingerprint density at radius 3 is 2.28 bits per heavy atom. The topological polar surface area (TPSA) is 66.8 Å². The first kappa shape index (κ1) is 14.5. The fourth-order valence-corrected chi connectivity index (χ4v) is 1.23. The molecule has 0 aromatic heterocycles. The summed E-state index contributed by atoms with van der Waals surface area (Å²) in [5.41, 5.74) is 0.323. The number of hydrogen-bond acceptors (Lipinski definition) is 3. The van der Waals surface area contributed by atoms with E-state index in [-0.39, 0.29) is 5.56 Å². The number of carboxylic acids is 1. The molecule has 100 valence electrons.